The van der Waals surface area contributed by atoms with Crippen LogP contribution in [0.1, 0.15) is 24.2 Å². The van der Waals surface area contributed by atoms with Gasteiger partial charge in [0.25, 0.3) is 3.79 Å². The summed E-state index contributed by atoms with van der Waals surface area (Å²) in [5.74, 6) is -1.79. The molecule has 0 aliphatic carbocycles. The Morgan fingerprint density at radius 3 is 2.44 bits per heavy atom. The van der Waals surface area contributed by atoms with Crippen LogP contribution in [0.3, 0.4) is 0 Å². The molecule has 11 heteroatoms. The largest absolute Gasteiger partial charge is 0.452 e. The summed E-state index contributed by atoms with van der Waals surface area (Å²) in [6.45, 7) is 3.39. The molecule has 0 spiro atoms. The van der Waals surface area contributed by atoms with Gasteiger partial charge in [0.15, 0.2) is 6.10 Å². The van der Waals surface area contributed by atoms with E-state index in [4.69, 9.17) is 60.0 Å². The number of alkyl halides is 3. The quantitative estimate of drug-likeness (QED) is 0.141. The number of esters is 1. The van der Waals surface area contributed by atoms with Gasteiger partial charge in [0.05, 0.1) is 17.7 Å². The second kappa shape index (κ2) is 8.99. The number of hydrogen-bond acceptors (Lipinski definition) is 6. The maximum atomic E-state index is 12.5. The summed E-state index contributed by atoms with van der Waals surface area (Å²) in [6.07, 6.45) is -2.79. The SMILES string of the molecule is CC1O[C@H](OC(=N)C(Cl)(Cl)Cl)C(OC(=O)c2ccccc2)[C@@H](C)[C@@H]1N=[N+]=[N-]. The number of carbonyl (C=O) groups excluding carboxylic acids is 1. The number of rotatable bonds is 4. The van der Waals surface area contributed by atoms with E-state index in [0.717, 1.165) is 0 Å². The van der Waals surface area contributed by atoms with Crippen LogP contribution in [0.15, 0.2) is 35.4 Å². The maximum Gasteiger partial charge on any atom is 0.338 e. The minimum Gasteiger partial charge on any atom is -0.452 e. The Hall–Kier alpha value is -1.70. The van der Waals surface area contributed by atoms with Gasteiger partial charge in [-0.2, -0.15) is 0 Å². The second-order valence-corrected chi connectivity index (χ2v) is 8.23. The first-order valence-electron chi connectivity index (χ1n) is 7.93. The summed E-state index contributed by atoms with van der Waals surface area (Å²) in [4.78, 5) is 15.3. The molecule has 8 nitrogen and oxygen atoms in total. The van der Waals surface area contributed by atoms with Gasteiger partial charge in [0, 0.05) is 10.8 Å². The van der Waals surface area contributed by atoms with Gasteiger partial charge in [-0.15, -0.1) is 0 Å². The molecule has 0 radical (unpaired) electrons. The summed E-state index contributed by atoms with van der Waals surface area (Å²) in [7, 11) is 0. The van der Waals surface area contributed by atoms with Gasteiger partial charge in [-0.1, -0.05) is 65.0 Å². The van der Waals surface area contributed by atoms with Crippen molar-refractivity contribution in [1.29, 1.82) is 5.41 Å². The number of nitrogens with zero attached hydrogens (tertiary/aromatic N) is 3. The van der Waals surface area contributed by atoms with E-state index in [0.29, 0.717) is 5.56 Å². The van der Waals surface area contributed by atoms with Crippen LogP contribution in [0.25, 0.3) is 10.4 Å². The molecule has 27 heavy (non-hydrogen) atoms. The van der Waals surface area contributed by atoms with E-state index >= 15 is 0 Å². The van der Waals surface area contributed by atoms with E-state index in [1.807, 2.05) is 0 Å². The first kappa shape index (κ1) is 21.6. The molecule has 0 aromatic heterocycles. The van der Waals surface area contributed by atoms with Gasteiger partial charge in [0.2, 0.25) is 12.2 Å². The first-order chi connectivity index (χ1) is 12.6. The molecule has 2 rings (SSSR count). The van der Waals surface area contributed by atoms with Crippen molar-refractivity contribution in [2.45, 2.75) is 42.2 Å². The fourth-order valence-corrected chi connectivity index (χ4v) is 2.84. The molecule has 0 bridgehead atoms. The van der Waals surface area contributed by atoms with E-state index in [1.54, 1.807) is 44.2 Å². The van der Waals surface area contributed by atoms with Gasteiger partial charge in [-0.05, 0) is 24.6 Å². The van der Waals surface area contributed by atoms with Crippen LogP contribution >= 0.6 is 34.8 Å². The zero-order valence-electron chi connectivity index (χ0n) is 14.4. The molecule has 1 aliphatic heterocycles. The second-order valence-electron chi connectivity index (χ2n) is 5.94. The van der Waals surface area contributed by atoms with Gasteiger partial charge in [-0.25, -0.2) is 4.79 Å². The third-order valence-corrected chi connectivity index (χ3v) is 4.60. The van der Waals surface area contributed by atoms with Crippen molar-refractivity contribution in [3.63, 3.8) is 0 Å². The molecule has 1 saturated heterocycles. The summed E-state index contributed by atoms with van der Waals surface area (Å²) in [5, 5.41) is 11.5. The molecule has 1 aromatic rings. The summed E-state index contributed by atoms with van der Waals surface area (Å²) < 4.78 is 14.4. The van der Waals surface area contributed by atoms with Gasteiger partial charge in [-0.3, -0.25) is 5.41 Å². The molecule has 1 aliphatic rings. The van der Waals surface area contributed by atoms with Gasteiger partial charge >= 0.3 is 5.97 Å². The molecular weight excluding hydrogens is 419 g/mol. The van der Waals surface area contributed by atoms with Crippen molar-refractivity contribution in [3.8, 4) is 0 Å². The van der Waals surface area contributed by atoms with Crippen molar-refractivity contribution in [2.75, 3.05) is 0 Å². The van der Waals surface area contributed by atoms with Crippen LogP contribution in [-0.4, -0.2) is 40.2 Å². The van der Waals surface area contributed by atoms with Crippen LogP contribution in [0.4, 0.5) is 0 Å². The zero-order valence-corrected chi connectivity index (χ0v) is 16.6. The fraction of sp³-hybridized carbons (Fsp3) is 0.500. The van der Waals surface area contributed by atoms with E-state index in [9.17, 15) is 4.79 Å². The van der Waals surface area contributed by atoms with Crippen LogP contribution in [0.5, 0.6) is 0 Å². The molecule has 2 unspecified atom stereocenters. The number of azide groups is 1. The number of benzene rings is 1. The molecule has 5 atom stereocenters. The lowest BCUT2D eigenvalue weighted by molar-refractivity contribution is -0.227. The Labute approximate surface area is 170 Å². The molecule has 1 heterocycles. The molecule has 1 N–H and O–H groups in total. The van der Waals surface area contributed by atoms with Crippen molar-refractivity contribution in [3.05, 3.63) is 46.3 Å². The predicted octanol–water partition coefficient (Wildman–Crippen LogP) is 4.64. The Bertz CT molecular complexity index is 737. The van der Waals surface area contributed by atoms with Crippen LogP contribution in [0, 0.1) is 11.3 Å². The Balaban J connectivity index is 2.27. The highest BCUT2D eigenvalue weighted by Crippen LogP contribution is 2.34. The van der Waals surface area contributed by atoms with E-state index in [2.05, 4.69) is 10.0 Å². The average Bonchev–Trinajstić information content (AvgIpc) is 2.61. The van der Waals surface area contributed by atoms with Gasteiger partial charge in [0.1, 0.15) is 0 Å². The Morgan fingerprint density at radius 1 is 1.26 bits per heavy atom. The summed E-state index contributed by atoms with van der Waals surface area (Å²) >= 11 is 17.0. The van der Waals surface area contributed by atoms with Crippen molar-refractivity contribution < 1.29 is 19.0 Å². The minimum absolute atomic E-state index is 0.318. The molecule has 146 valence electrons. The molecular formula is C16H17Cl3N4O4. The maximum absolute atomic E-state index is 12.5. The standard InChI is InChI=1S/C16H17Cl3N4O4/c1-8-11(22-23-21)9(2)25-14(27-15(20)16(17,18)19)12(8)26-13(24)10-6-4-3-5-7-10/h3-9,11-12,14,20H,1-2H3/t8-,9?,11-,12?,14+/m0/s1. The number of ether oxygens (including phenoxy) is 3. The van der Waals surface area contributed by atoms with E-state index < -0.39 is 46.1 Å². The molecule has 0 saturated carbocycles. The fourth-order valence-electron chi connectivity index (χ4n) is 2.70. The Kier molecular flexibility index (Phi) is 7.19. The highest BCUT2D eigenvalue weighted by molar-refractivity contribution is 6.76. The van der Waals surface area contributed by atoms with Crippen molar-refractivity contribution >= 4 is 46.7 Å². The van der Waals surface area contributed by atoms with Crippen LogP contribution in [0.2, 0.25) is 0 Å². The minimum atomic E-state index is -2.11. The van der Waals surface area contributed by atoms with Crippen LogP contribution < -0.4 is 0 Å². The first-order valence-corrected chi connectivity index (χ1v) is 9.06. The van der Waals surface area contributed by atoms with Crippen molar-refractivity contribution in [1.82, 2.24) is 0 Å². The lowest BCUT2D eigenvalue weighted by Gasteiger charge is -2.42. The lowest BCUT2D eigenvalue weighted by Crippen LogP contribution is -2.55. The zero-order chi connectivity index (χ0) is 20.2. The highest BCUT2D eigenvalue weighted by Gasteiger charge is 2.47. The number of nitrogens with one attached hydrogen (secondary N) is 1. The van der Waals surface area contributed by atoms with Crippen molar-refractivity contribution in [2.24, 2.45) is 11.0 Å². The number of halogens is 3. The third-order valence-electron chi connectivity index (χ3n) is 4.08. The molecule has 0 amide bonds. The Morgan fingerprint density at radius 2 is 1.89 bits per heavy atom. The average molecular weight is 436 g/mol. The number of hydrogen-bond donors (Lipinski definition) is 1. The van der Waals surface area contributed by atoms with Gasteiger partial charge < -0.3 is 14.2 Å². The van der Waals surface area contributed by atoms with E-state index in [-0.39, 0.29) is 0 Å². The normalized spacial score (nSPS) is 28.0. The monoisotopic (exact) mass is 434 g/mol. The highest BCUT2D eigenvalue weighted by atomic mass is 35.6. The smallest absolute Gasteiger partial charge is 0.338 e. The van der Waals surface area contributed by atoms with Crippen LogP contribution in [-0.2, 0) is 14.2 Å². The summed E-state index contributed by atoms with van der Waals surface area (Å²) in [6, 6.07) is 7.69. The topological polar surface area (TPSA) is 117 Å². The third kappa shape index (κ3) is 5.40. The molecule has 1 aromatic carbocycles. The lowest BCUT2D eigenvalue weighted by atomic mass is 9.89. The van der Waals surface area contributed by atoms with E-state index in [1.165, 1.54) is 0 Å². The molecule has 1 fully saturated rings. The summed E-state index contributed by atoms with van der Waals surface area (Å²) in [5.41, 5.74) is 9.11. The number of carbonyl (C=O) groups is 1. The predicted molar refractivity (Wildman–Crippen MR) is 101 cm³/mol.